The molecule has 2 amide bonds. The zero-order chi connectivity index (χ0) is 20.1. The van der Waals surface area contributed by atoms with Gasteiger partial charge in [0.15, 0.2) is 6.61 Å². The van der Waals surface area contributed by atoms with E-state index in [-0.39, 0.29) is 48.3 Å². The number of nitro groups is 1. The molecule has 2 aliphatic heterocycles. The Bertz CT molecular complexity index is 763. The van der Waals surface area contributed by atoms with Crippen LogP contribution in [0.1, 0.15) is 12.8 Å². The maximum atomic E-state index is 12.5. The highest BCUT2D eigenvalue weighted by molar-refractivity contribution is 6.02. The highest BCUT2D eigenvalue weighted by Crippen LogP contribution is 2.35. The van der Waals surface area contributed by atoms with Crippen LogP contribution in [0.4, 0.5) is 11.4 Å². The Kier molecular flexibility index (Phi) is 7.77. The summed E-state index contributed by atoms with van der Waals surface area (Å²) in [5, 5.41) is 17.2. The topological polar surface area (TPSA) is 123 Å². The van der Waals surface area contributed by atoms with Gasteiger partial charge >= 0.3 is 0 Å². The largest absolute Gasteiger partial charge is 0.482 e. The van der Waals surface area contributed by atoms with Crippen molar-refractivity contribution < 1.29 is 24.0 Å². The van der Waals surface area contributed by atoms with Crippen molar-refractivity contribution >= 4 is 35.6 Å². The van der Waals surface area contributed by atoms with Crippen molar-refractivity contribution in [2.24, 2.45) is 5.41 Å². The van der Waals surface area contributed by atoms with E-state index in [2.05, 4.69) is 10.6 Å². The molecule has 2 N–H and O–H groups in total. The number of nitrogens with one attached hydrogen (secondary N) is 2. The van der Waals surface area contributed by atoms with Gasteiger partial charge in [0, 0.05) is 31.2 Å². The highest BCUT2D eigenvalue weighted by Gasteiger charge is 2.34. The second-order valence-corrected chi connectivity index (χ2v) is 7.14. The van der Waals surface area contributed by atoms with Gasteiger partial charge in [-0.05, 0) is 32.0 Å². The van der Waals surface area contributed by atoms with Gasteiger partial charge in [0.25, 0.3) is 11.6 Å². The molecule has 1 fully saturated rings. The quantitative estimate of drug-likeness (QED) is 0.488. The third-order valence-electron chi connectivity index (χ3n) is 5.17. The Morgan fingerprint density at radius 2 is 2.14 bits per heavy atom. The van der Waals surface area contributed by atoms with Crippen molar-refractivity contribution in [1.82, 2.24) is 10.6 Å². The Labute approximate surface area is 174 Å². The summed E-state index contributed by atoms with van der Waals surface area (Å²) in [5.41, 5.74) is -0.0771. The van der Waals surface area contributed by atoms with E-state index in [0.717, 1.165) is 25.9 Å². The summed E-state index contributed by atoms with van der Waals surface area (Å²) in [6.07, 6.45) is 1.76. The molecule has 1 saturated heterocycles. The van der Waals surface area contributed by atoms with Crippen LogP contribution in [0.2, 0.25) is 0 Å². The maximum Gasteiger partial charge on any atom is 0.271 e. The number of fused-ring (bicyclic) bond motifs is 1. The molecule has 0 atom stereocenters. The maximum absolute atomic E-state index is 12.5. The molecule has 29 heavy (non-hydrogen) atoms. The van der Waals surface area contributed by atoms with Crippen LogP contribution >= 0.6 is 12.4 Å². The molecule has 10 nitrogen and oxygen atoms in total. The van der Waals surface area contributed by atoms with Crippen LogP contribution in [-0.4, -0.2) is 63.2 Å². The van der Waals surface area contributed by atoms with Gasteiger partial charge in [0.1, 0.15) is 12.3 Å². The number of piperidine rings is 1. The first kappa shape index (κ1) is 22.9. The fourth-order valence-electron chi connectivity index (χ4n) is 3.60. The van der Waals surface area contributed by atoms with E-state index in [4.69, 9.17) is 9.47 Å². The van der Waals surface area contributed by atoms with Crippen LogP contribution < -0.4 is 20.3 Å². The number of halogens is 1. The van der Waals surface area contributed by atoms with Crippen LogP contribution in [0, 0.1) is 15.5 Å². The molecular formula is C18H25ClN4O6. The van der Waals surface area contributed by atoms with E-state index in [1.54, 1.807) is 7.11 Å². The summed E-state index contributed by atoms with van der Waals surface area (Å²) in [5.74, 6) is -0.412. The predicted molar refractivity (Wildman–Crippen MR) is 108 cm³/mol. The highest BCUT2D eigenvalue weighted by atomic mass is 35.5. The molecule has 3 rings (SSSR count). The van der Waals surface area contributed by atoms with Crippen molar-refractivity contribution in [2.45, 2.75) is 12.8 Å². The lowest BCUT2D eigenvalue weighted by molar-refractivity contribution is -0.384. The fourth-order valence-corrected chi connectivity index (χ4v) is 3.60. The number of amides is 2. The van der Waals surface area contributed by atoms with Gasteiger partial charge in [-0.1, -0.05) is 0 Å². The summed E-state index contributed by atoms with van der Waals surface area (Å²) in [7, 11) is 1.64. The lowest BCUT2D eigenvalue weighted by Crippen LogP contribution is -2.50. The molecule has 160 valence electrons. The SMILES string of the molecule is COCC1(CNC(=O)CN2C(=O)COc3ccc([N+](=O)[O-])cc32)CCNCC1.Cl. The molecule has 11 heteroatoms. The zero-order valence-corrected chi connectivity index (χ0v) is 17.0. The van der Waals surface area contributed by atoms with Crippen molar-refractivity contribution in [3.05, 3.63) is 28.3 Å². The first-order valence-electron chi connectivity index (χ1n) is 9.12. The minimum absolute atomic E-state index is 0. The zero-order valence-electron chi connectivity index (χ0n) is 16.1. The Morgan fingerprint density at radius 1 is 1.41 bits per heavy atom. The number of hydrogen-bond donors (Lipinski definition) is 2. The van der Waals surface area contributed by atoms with Crippen molar-refractivity contribution in [2.75, 3.05) is 51.4 Å². The molecule has 0 bridgehead atoms. The molecule has 1 aromatic carbocycles. The normalized spacial score (nSPS) is 17.6. The molecule has 2 heterocycles. The number of rotatable bonds is 7. The van der Waals surface area contributed by atoms with Gasteiger partial charge in [-0.2, -0.15) is 0 Å². The molecule has 1 aromatic rings. The molecular weight excluding hydrogens is 404 g/mol. The van der Waals surface area contributed by atoms with Gasteiger partial charge in [0.05, 0.1) is 17.2 Å². The summed E-state index contributed by atoms with van der Waals surface area (Å²) in [6, 6.07) is 3.99. The Balaban J connectivity index is 0.00000300. The van der Waals surface area contributed by atoms with E-state index in [1.807, 2.05) is 0 Å². The lowest BCUT2D eigenvalue weighted by atomic mass is 9.79. The van der Waals surface area contributed by atoms with Crippen molar-refractivity contribution in [3.8, 4) is 5.75 Å². The number of carbonyl (C=O) groups excluding carboxylic acids is 2. The van der Waals surface area contributed by atoms with Gasteiger partial charge in [-0.15, -0.1) is 12.4 Å². The number of carbonyl (C=O) groups is 2. The van der Waals surface area contributed by atoms with Gasteiger partial charge in [0.2, 0.25) is 5.91 Å². The molecule has 0 aliphatic carbocycles. The fraction of sp³-hybridized carbons (Fsp3) is 0.556. The van der Waals surface area contributed by atoms with E-state index in [1.165, 1.54) is 23.1 Å². The molecule has 0 radical (unpaired) electrons. The predicted octanol–water partition coefficient (Wildman–Crippen LogP) is 0.874. The minimum atomic E-state index is -0.552. The monoisotopic (exact) mass is 428 g/mol. The molecule has 0 saturated carbocycles. The van der Waals surface area contributed by atoms with E-state index < -0.39 is 10.8 Å². The number of benzene rings is 1. The number of nitro benzene ring substituents is 1. The van der Waals surface area contributed by atoms with Crippen molar-refractivity contribution in [3.63, 3.8) is 0 Å². The second kappa shape index (κ2) is 9.86. The van der Waals surface area contributed by atoms with Gasteiger partial charge < -0.3 is 20.1 Å². The number of anilines is 1. The third kappa shape index (κ3) is 5.34. The standard InChI is InChI=1S/C18H24N4O6.ClH/c1-27-12-18(4-6-19-7-5-18)11-20-16(23)9-21-14-8-13(22(25)26)2-3-15(14)28-10-17(21)24;/h2-3,8,19H,4-7,9-12H2,1H3,(H,20,23);1H. The summed E-state index contributed by atoms with van der Waals surface area (Å²) < 4.78 is 10.7. The molecule has 0 spiro atoms. The smallest absolute Gasteiger partial charge is 0.271 e. The number of nitrogens with zero attached hydrogens (tertiary/aromatic N) is 2. The average Bonchev–Trinajstić information content (AvgIpc) is 2.69. The number of hydrogen-bond acceptors (Lipinski definition) is 7. The summed E-state index contributed by atoms with van der Waals surface area (Å²) in [4.78, 5) is 36.5. The minimum Gasteiger partial charge on any atom is -0.482 e. The first-order valence-corrected chi connectivity index (χ1v) is 9.12. The number of methoxy groups -OCH3 is 1. The van der Waals surface area contributed by atoms with Crippen LogP contribution in [0.5, 0.6) is 5.75 Å². The molecule has 2 aliphatic rings. The number of ether oxygens (including phenoxy) is 2. The van der Waals surface area contributed by atoms with Gasteiger partial charge in [-0.3, -0.25) is 24.6 Å². The average molecular weight is 429 g/mol. The van der Waals surface area contributed by atoms with Crippen LogP contribution in [0.15, 0.2) is 18.2 Å². The lowest BCUT2D eigenvalue weighted by Gasteiger charge is -2.37. The Hall–Kier alpha value is -2.43. The van der Waals surface area contributed by atoms with Crippen LogP contribution in [0.3, 0.4) is 0 Å². The van der Waals surface area contributed by atoms with Gasteiger partial charge in [-0.25, -0.2) is 0 Å². The Morgan fingerprint density at radius 3 is 2.79 bits per heavy atom. The van der Waals surface area contributed by atoms with E-state index in [0.29, 0.717) is 18.9 Å². The van der Waals surface area contributed by atoms with E-state index in [9.17, 15) is 19.7 Å². The molecule has 0 unspecified atom stereocenters. The second-order valence-electron chi connectivity index (χ2n) is 7.14. The number of non-ortho nitro benzene ring substituents is 1. The van der Waals surface area contributed by atoms with E-state index >= 15 is 0 Å². The summed E-state index contributed by atoms with van der Waals surface area (Å²) in [6.45, 7) is 2.27. The first-order chi connectivity index (χ1) is 13.4. The summed E-state index contributed by atoms with van der Waals surface area (Å²) >= 11 is 0. The molecule has 0 aromatic heterocycles. The van der Waals surface area contributed by atoms with Crippen LogP contribution in [0.25, 0.3) is 0 Å². The van der Waals surface area contributed by atoms with Crippen LogP contribution in [-0.2, 0) is 14.3 Å². The third-order valence-corrected chi connectivity index (χ3v) is 5.17. The van der Waals surface area contributed by atoms with Crippen molar-refractivity contribution in [1.29, 1.82) is 0 Å².